The summed E-state index contributed by atoms with van der Waals surface area (Å²) in [5, 5.41) is 0. The predicted molar refractivity (Wildman–Crippen MR) is 172 cm³/mol. The summed E-state index contributed by atoms with van der Waals surface area (Å²) >= 11 is 0. The molecule has 0 amide bonds. The van der Waals surface area contributed by atoms with E-state index in [1.54, 1.807) is 5.57 Å². The van der Waals surface area contributed by atoms with E-state index in [1.807, 2.05) is 0 Å². The highest BCUT2D eigenvalue weighted by atomic mass is 14.7. The highest BCUT2D eigenvalue weighted by Crippen LogP contribution is 2.63. The Labute approximate surface area is 239 Å². The highest BCUT2D eigenvalue weighted by molar-refractivity contribution is 5.88. The van der Waals surface area contributed by atoms with Gasteiger partial charge in [0.15, 0.2) is 0 Å². The monoisotopic (exact) mass is 523 g/mol. The first-order valence-electron chi connectivity index (χ1n) is 15.2. The molecule has 0 radical (unpaired) electrons. The van der Waals surface area contributed by atoms with Gasteiger partial charge in [-0.2, -0.15) is 0 Å². The molecule has 1 aromatic carbocycles. The molecule has 0 spiro atoms. The number of nitrogens with two attached hydrogens (primary N) is 1. The summed E-state index contributed by atoms with van der Waals surface area (Å²) in [6, 6.07) is 2.49. The second kappa shape index (κ2) is 10.5. The zero-order valence-corrected chi connectivity index (χ0v) is 26.7. The van der Waals surface area contributed by atoms with E-state index < -0.39 is 0 Å². The summed E-state index contributed by atoms with van der Waals surface area (Å²) in [6.45, 7) is 34.7. The van der Waals surface area contributed by atoms with Crippen molar-refractivity contribution in [2.45, 2.75) is 101 Å². The van der Waals surface area contributed by atoms with Crippen molar-refractivity contribution in [3.05, 3.63) is 92.8 Å². The van der Waals surface area contributed by atoms with E-state index in [4.69, 9.17) is 12.3 Å². The molecule has 3 aliphatic rings. The van der Waals surface area contributed by atoms with Gasteiger partial charge in [-0.15, -0.1) is 0 Å². The van der Waals surface area contributed by atoms with Crippen molar-refractivity contribution in [1.82, 2.24) is 0 Å². The van der Waals surface area contributed by atoms with E-state index in [9.17, 15) is 0 Å². The minimum absolute atomic E-state index is 0.133. The quantitative estimate of drug-likeness (QED) is 0.382. The van der Waals surface area contributed by atoms with Crippen LogP contribution >= 0.6 is 0 Å². The summed E-state index contributed by atoms with van der Waals surface area (Å²) in [5.41, 5.74) is 24.8. The first kappa shape index (κ1) is 29.4. The van der Waals surface area contributed by atoms with Gasteiger partial charge in [-0.25, -0.2) is 0 Å². The lowest BCUT2D eigenvalue weighted by atomic mass is 9.47. The van der Waals surface area contributed by atoms with E-state index in [-0.39, 0.29) is 5.41 Å². The lowest BCUT2D eigenvalue weighted by Crippen LogP contribution is -2.50. The standard InChI is InChI=1S/C38H53N/c1-14-22(6)15-16-23(7)31-18-30(20(2)3)32-17-29-19-38(13)28(12)37(39)33(21(4)5)26(10)36(38)27(11)34(29)25(9)35(32)24(31)8/h15-16,18,20,26,28-29,36H,4,9,14,17,19,39H2,1-3,5-8,10-13H3/b22-15+,23-16+. The molecule has 1 aromatic rings. The average molecular weight is 524 g/mol. The Bertz CT molecular complexity index is 1350. The Morgan fingerprint density at radius 1 is 1.15 bits per heavy atom. The van der Waals surface area contributed by atoms with E-state index in [1.165, 1.54) is 55.7 Å². The van der Waals surface area contributed by atoms with Gasteiger partial charge < -0.3 is 5.73 Å². The molecular formula is C38H53N. The molecule has 5 atom stereocenters. The number of rotatable bonds is 5. The van der Waals surface area contributed by atoms with Crippen LogP contribution in [0.1, 0.15) is 116 Å². The normalized spacial score (nSPS) is 29.5. The molecular weight excluding hydrogens is 470 g/mol. The summed E-state index contributed by atoms with van der Waals surface area (Å²) < 4.78 is 0. The summed E-state index contributed by atoms with van der Waals surface area (Å²) in [4.78, 5) is 0. The molecule has 210 valence electrons. The fourth-order valence-corrected chi connectivity index (χ4v) is 8.71. The first-order valence-corrected chi connectivity index (χ1v) is 15.2. The zero-order chi connectivity index (χ0) is 29.1. The topological polar surface area (TPSA) is 26.0 Å². The third-order valence-electron chi connectivity index (χ3n) is 10.9. The van der Waals surface area contributed by atoms with Crippen LogP contribution in [-0.4, -0.2) is 0 Å². The van der Waals surface area contributed by atoms with E-state index in [0.717, 1.165) is 30.5 Å². The average Bonchev–Trinajstić information content (AvgIpc) is 2.85. The second-order valence-corrected chi connectivity index (χ2v) is 13.7. The molecule has 4 rings (SSSR count). The van der Waals surface area contributed by atoms with Crippen LogP contribution in [0.25, 0.3) is 11.1 Å². The van der Waals surface area contributed by atoms with Crippen LogP contribution in [0.15, 0.2) is 64.9 Å². The maximum Gasteiger partial charge on any atom is 0.0153 e. The summed E-state index contributed by atoms with van der Waals surface area (Å²) in [7, 11) is 0. The second-order valence-electron chi connectivity index (χ2n) is 13.7. The van der Waals surface area contributed by atoms with Crippen molar-refractivity contribution in [2.24, 2.45) is 34.8 Å². The Hall–Kier alpha value is -2.54. The van der Waals surface area contributed by atoms with Crippen molar-refractivity contribution in [3.8, 4) is 0 Å². The molecule has 2 N–H and O–H groups in total. The molecule has 0 bridgehead atoms. The molecule has 1 heteroatoms. The largest absolute Gasteiger partial charge is 0.402 e. The van der Waals surface area contributed by atoms with Crippen LogP contribution in [0.5, 0.6) is 0 Å². The third-order valence-corrected chi connectivity index (χ3v) is 10.9. The minimum Gasteiger partial charge on any atom is -0.402 e. The Morgan fingerprint density at radius 3 is 2.36 bits per heavy atom. The van der Waals surface area contributed by atoms with Gasteiger partial charge in [0, 0.05) is 11.6 Å². The Balaban J connectivity index is 1.94. The molecule has 0 saturated carbocycles. The first-order chi connectivity index (χ1) is 18.2. The number of benzene rings is 1. The maximum absolute atomic E-state index is 6.88. The number of fused-ring (bicyclic) bond motifs is 3. The van der Waals surface area contributed by atoms with Crippen LogP contribution in [-0.2, 0) is 6.42 Å². The van der Waals surface area contributed by atoms with Crippen molar-refractivity contribution >= 4 is 11.1 Å². The molecule has 5 unspecified atom stereocenters. The van der Waals surface area contributed by atoms with E-state index in [2.05, 4.69) is 101 Å². The Kier molecular flexibility index (Phi) is 7.89. The number of allylic oxidation sites excluding steroid dienone is 10. The smallest absolute Gasteiger partial charge is 0.0153 e. The van der Waals surface area contributed by atoms with Gasteiger partial charge in [0.2, 0.25) is 0 Å². The van der Waals surface area contributed by atoms with Crippen LogP contribution in [0.4, 0.5) is 0 Å². The Morgan fingerprint density at radius 2 is 1.79 bits per heavy atom. The van der Waals surface area contributed by atoms with Gasteiger partial charge >= 0.3 is 0 Å². The lowest BCUT2D eigenvalue weighted by molar-refractivity contribution is 0.0581. The van der Waals surface area contributed by atoms with Crippen molar-refractivity contribution < 1.29 is 0 Å². The molecule has 0 saturated heterocycles. The fourth-order valence-electron chi connectivity index (χ4n) is 8.71. The number of hydrogen-bond donors (Lipinski definition) is 1. The molecule has 39 heavy (non-hydrogen) atoms. The molecule has 0 aliphatic heterocycles. The van der Waals surface area contributed by atoms with Gasteiger partial charge in [0.05, 0.1) is 0 Å². The molecule has 0 heterocycles. The van der Waals surface area contributed by atoms with Gasteiger partial charge in [-0.3, -0.25) is 0 Å². The highest BCUT2D eigenvalue weighted by Gasteiger charge is 2.54. The fraction of sp³-hybridized carbons (Fsp3) is 0.526. The van der Waals surface area contributed by atoms with Crippen LogP contribution < -0.4 is 5.73 Å². The van der Waals surface area contributed by atoms with E-state index >= 15 is 0 Å². The SMILES string of the molecule is C=C(C)C1=C(N)C(C)C2(C)CC3Cc4c(C(C)C)cc(/C(C)=C/C=C(\C)CC)c(C)c4C(=C)C3=C(C)C2C1C. The van der Waals surface area contributed by atoms with Crippen molar-refractivity contribution in [3.63, 3.8) is 0 Å². The maximum atomic E-state index is 6.88. The van der Waals surface area contributed by atoms with Crippen LogP contribution in [0.3, 0.4) is 0 Å². The number of hydrogen-bond acceptors (Lipinski definition) is 1. The van der Waals surface area contributed by atoms with Crippen molar-refractivity contribution in [2.75, 3.05) is 0 Å². The summed E-state index contributed by atoms with van der Waals surface area (Å²) in [5.74, 6) is 2.11. The molecule has 1 nitrogen and oxygen atoms in total. The lowest BCUT2D eigenvalue weighted by Gasteiger charge is -2.57. The van der Waals surface area contributed by atoms with Gasteiger partial charge in [-0.1, -0.05) is 89.6 Å². The van der Waals surface area contributed by atoms with Gasteiger partial charge in [-0.05, 0) is 133 Å². The van der Waals surface area contributed by atoms with Crippen molar-refractivity contribution in [1.29, 1.82) is 0 Å². The predicted octanol–water partition coefficient (Wildman–Crippen LogP) is 10.5. The zero-order valence-electron chi connectivity index (χ0n) is 26.7. The van der Waals surface area contributed by atoms with Gasteiger partial charge in [0.25, 0.3) is 0 Å². The summed E-state index contributed by atoms with van der Waals surface area (Å²) in [6.07, 6.45) is 7.95. The van der Waals surface area contributed by atoms with Crippen LogP contribution in [0, 0.1) is 36.0 Å². The van der Waals surface area contributed by atoms with Gasteiger partial charge in [0.1, 0.15) is 0 Å². The minimum atomic E-state index is 0.133. The molecule has 0 aromatic heterocycles. The van der Waals surface area contributed by atoms with E-state index in [0.29, 0.717) is 29.6 Å². The third kappa shape index (κ3) is 4.55. The molecule has 3 aliphatic carbocycles. The molecule has 0 fully saturated rings. The van der Waals surface area contributed by atoms with Crippen LogP contribution in [0.2, 0.25) is 0 Å².